The number of azo groups is 2. The molecular formula is C34H25N6Na3O9S3. The SMILES string of the molecule is Cc1cc(-c2ccc(N=Nc3c(N)c(S(=O)(=O)[O-])cc4cc(S(=O)(=O)[O-])ccc34)c(C)c2)ccc1N=Nc1c(N)ccc2ccc(S(=O)(=O)[O-])cc12.[Na+].[Na+].[Na+]. The molecule has 0 unspecified atom stereocenters. The minimum absolute atomic E-state index is 0. The number of nitrogens with two attached hydrogens (primary N) is 2. The number of nitrogen functional groups attached to an aromatic ring is 2. The Labute approximate surface area is 382 Å². The van der Waals surface area contributed by atoms with Gasteiger partial charge in [0.15, 0.2) is 0 Å². The first-order valence-corrected chi connectivity index (χ1v) is 19.1. The topological polar surface area (TPSA) is 273 Å². The summed E-state index contributed by atoms with van der Waals surface area (Å²) < 4.78 is 105. The third-order valence-electron chi connectivity index (χ3n) is 8.17. The number of hydrogen-bond donors (Lipinski definition) is 2. The van der Waals surface area contributed by atoms with Gasteiger partial charge in [0.05, 0.1) is 37.4 Å². The van der Waals surface area contributed by atoms with Gasteiger partial charge in [-0.3, -0.25) is 0 Å². The van der Waals surface area contributed by atoms with Gasteiger partial charge in [0.25, 0.3) is 0 Å². The van der Waals surface area contributed by atoms with Crippen molar-refractivity contribution >= 4 is 86.0 Å². The van der Waals surface area contributed by atoms with Crippen molar-refractivity contribution in [1.29, 1.82) is 0 Å². The van der Waals surface area contributed by atoms with E-state index in [9.17, 15) is 38.9 Å². The van der Waals surface area contributed by atoms with Crippen molar-refractivity contribution in [2.75, 3.05) is 11.5 Å². The quantitative estimate of drug-likeness (QED) is 0.0733. The van der Waals surface area contributed by atoms with Crippen LogP contribution in [0.4, 0.5) is 34.1 Å². The van der Waals surface area contributed by atoms with Crippen LogP contribution in [0.5, 0.6) is 0 Å². The second-order valence-electron chi connectivity index (χ2n) is 11.7. The van der Waals surface area contributed by atoms with Gasteiger partial charge in [-0.25, -0.2) is 25.3 Å². The molecule has 0 aromatic heterocycles. The van der Waals surface area contributed by atoms with E-state index in [1.54, 1.807) is 37.3 Å². The normalized spacial score (nSPS) is 12.1. The molecule has 0 amide bonds. The summed E-state index contributed by atoms with van der Waals surface area (Å²) in [4.78, 5) is -1.89. The van der Waals surface area contributed by atoms with E-state index in [0.717, 1.165) is 34.9 Å². The molecule has 0 aliphatic rings. The molecule has 266 valence electrons. The Morgan fingerprint density at radius 2 is 0.982 bits per heavy atom. The van der Waals surface area contributed by atoms with Crippen LogP contribution in [0.25, 0.3) is 32.7 Å². The molecule has 0 atom stereocenters. The second kappa shape index (κ2) is 17.9. The largest absolute Gasteiger partial charge is 1.00 e. The Bertz CT molecular complexity index is 2890. The van der Waals surface area contributed by atoms with Crippen LogP contribution < -0.4 is 100 Å². The van der Waals surface area contributed by atoms with Crippen molar-refractivity contribution in [2.24, 2.45) is 20.5 Å². The molecule has 4 N–H and O–H groups in total. The van der Waals surface area contributed by atoms with Crippen LogP contribution in [-0.2, 0) is 30.4 Å². The van der Waals surface area contributed by atoms with Crippen LogP contribution in [-0.4, -0.2) is 38.9 Å². The van der Waals surface area contributed by atoms with Gasteiger partial charge in [0.1, 0.15) is 41.7 Å². The predicted molar refractivity (Wildman–Crippen MR) is 190 cm³/mol. The van der Waals surface area contributed by atoms with Gasteiger partial charge in [-0.2, -0.15) is 10.2 Å². The Morgan fingerprint density at radius 1 is 0.491 bits per heavy atom. The van der Waals surface area contributed by atoms with E-state index in [1.807, 2.05) is 25.1 Å². The summed E-state index contributed by atoms with van der Waals surface area (Å²) in [6.07, 6.45) is 0. The summed E-state index contributed by atoms with van der Waals surface area (Å²) in [5.74, 6) is 0. The Kier molecular flexibility index (Phi) is 15.2. The number of aryl methyl sites for hydroxylation is 2. The molecule has 0 saturated heterocycles. The molecule has 0 radical (unpaired) electrons. The fourth-order valence-electron chi connectivity index (χ4n) is 5.50. The molecule has 0 spiro atoms. The van der Waals surface area contributed by atoms with Crippen LogP contribution in [0.2, 0.25) is 0 Å². The van der Waals surface area contributed by atoms with Gasteiger partial charge in [0.2, 0.25) is 0 Å². The summed E-state index contributed by atoms with van der Waals surface area (Å²) in [6.45, 7) is 3.58. The van der Waals surface area contributed by atoms with E-state index >= 15 is 0 Å². The van der Waals surface area contributed by atoms with Gasteiger partial charge in [-0.15, -0.1) is 10.2 Å². The minimum atomic E-state index is -5.12. The van der Waals surface area contributed by atoms with E-state index < -0.39 is 50.7 Å². The maximum atomic E-state index is 11.9. The number of rotatable bonds is 8. The fraction of sp³-hybridized carbons (Fsp3) is 0.0588. The minimum Gasteiger partial charge on any atom is -0.744 e. The number of nitrogens with zero attached hydrogens (tertiary/aromatic N) is 4. The Balaban J connectivity index is 0.00000271. The van der Waals surface area contributed by atoms with Crippen molar-refractivity contribution in [2.45, 2.75) is 28.5 Å². The van der Waals surface area contributed by atoms with Crippen LogP contribution in [0, 0.1) is 13.8 Å². The van der Waals surface area contributed by atoms with E-state index in [4.69, 9.17) is 11.5 Å². The fourth-order valence-corrected chi connectivity index (χ4v) is 7.14. The van der Waals surface area contributed by atoms with E-state index in [2.05, 4.69) is 20.5 Å². The van der Waals surface area contributed by atoms with Gasteiger partial charge in [0, 0.05) is 10.8 Å². The monoisotopic (exact) mass is 826 g/mol. The van der Waals surface area contributed by atoms with Crippen LogP contribution in [0.3, 0.4) is 0 Å². The molecule has 6 aromatic rings. The van der Waals surface area contributed by atoms with Crippen LogP contribution in [0.15, 0.2) is 126 Å². The van der Waals surface area contributed by atoms with Crippen molar-refractivity contribution in [3.05, 3.63) is 102 Å². The maximum Gasteiger partial charge on any atom is 1.00 e. The molecule has 6 rings (SSSR count). The molecule has 0 aliphatic heterocycles. The van der Waals surface area contributed by atoms with E-state index in [1.165, 1.54) is 24.3 Å². The molecule has 55 heavy (non-hydrogen) atoms. The zero-order chi connectivity index (χ0) is 37.7. The summed E-state index contributed by atoms with van der Waals surface area (Å²) in [7, 11) is -14.7. The zero-order valence-electron chi connectivity index (χ0n) is 30.0. The molecule has 0 bridgehead atoms. The predicted octanol–water partition coefficient (Wildman–Crippen LogP) is -2.00. The summed E-state index contributed by atoms with van der Waals surface area (Å²) in [6, 6.07) is 21.9. The smallest absolute Gasteiger partial charge is 0.744 e. The van der Waals surface area contributed by atoms with Crippen molar-refractivity contribution < 1.29 is 128 Å². The third-order valence-corrected chi connectivity index (χ3v) is 10.7. The van der Waals surface area contributed by atoms with Gasteiger partial charge in [-0.1, -0.05) is 30.3 Å². The molecular weight excluding hydrogens is 802 g/mol. The molecule has 0 fully saturated rings. The van der Waals surface area contributed by atoms with Crippen molar-refractivity contribution in [3.8, 4) is 11.1 Å². The van der Waals surface area contributed by atoms with Crippen molar-refractivity contribution in [1.82, 2.24) is 0 Å². The zero-order valence-corrected chi connectivity index (χ0v) is 38.5. The first-order valence-electron chi connectivity index (χ1n) is 14.9. The Morgan fingerprint density at radius 3 is 1.49 bits per heavy atom. The molecule has 15 nitrogen and oxygen atoms in total. The standard InChI is InChI=1S/C34H28N6O9S3.3Na/c1-18-13-21(5-11-29(18)37-39-33-27-17-25(51(44,45)46)7-3-20(27)4-10-28(33)35)22-6-12-30(19(2)14-22)38-40-34-26-9-8-24(50(41,42)43)15-23(26)16-31(32(34)36)52(47,48)49;;;/h3-17H,35-36H2,1-2H3,(H,41,42,43)(H,44,45,46)(H,47,48,49);;;/q;3*+1/p-3. The van der Waals surface area contributed by atoms with Crippen LogP contribution >= 0.6 is 0 Å². The average Bonchev–Trinajstić information content (AvgIpc) is 3.06. The number of benzene rings is 6. The number of anilines is 2. The van der Waals surface area contributed by atoms with E-state index in [0.29, 0.717) is 27.7 Å². The Hall–Kier alpha value is -2.63. The van der Waals surface area contributed by atoms with Crippen LogP contribution in [0.1, 0.15) is 11.1 Å². The summed E-state index contributed by atoms with van der Waals surface area (Å²) in [5.41, 5.74) is 15.8. The second-order valence-corrected chi connectivity index (χ2v) is 15.8. The van der Waals surface area contributed by atoms with Gasteiger partial charge >= 0.3 is 88.7 Å². The molecule has 0 heterocycles. The summed E-state index contributed by atoms with van der Waals surface area (Å²) >= 11 is 0. The van der Waals surface area contributed by atoms with Gasteiger partial charge in [-0.05, 0) is 108 Å². The molecule has 0 saturated carbocycles. The third kappa shape index (κ3) is 10.3. The number of fused-ring (bicyclic) bond motifs is 2. The molecule has 21 heteroatoms. The van der Waals surface area contributed by atoms with Gasteiger partial charge < -0.3 is 25.1 Å². The van der Waals surface area contributed by atoms with Crippen molar-refractivity contribution in [3.63, 3.8) is 0 Å². The molecule has 0 aliphatic carbocycles. The average molecular weight is 827 g/mol. The summed E-state index contributed by atoms with van der Waals surface area (Å²) in [5, 5.41) is 18.1. The molecule has 6 aromatic carbocycles. The van der Waals surface area contributed by atoms with E-state index in [-0.39, 0.29) is 117 Å². The maximum absolute atomic E-state index is 11.9. The number of hydrogen-bond acceptors (Lipinski definition) is 15. The first-order chi connectivity index (χ1) is 24.3. The first kappa shape index (κ1) is 46.8.